The van der Waals surface area contributed by atoms with Crippen LogP contribution in [0.25, 0.3) is 10.9 Å². The second kappa shape index (κ2) is 5.49. The normalized spacial score (nSPS) is 10.5. The summed E-state index contributed by atoms with van der Waals surface area (Å²) in [5, 5.41) is 8.06. The van der Waals surface area contributed by atoms with Gasteiger partial charge in [-0.05, 0) is 24.3 Å². The number of esters is 1. The molecule has 0 atom stereocenters. The Morgan fingerprint density at radius 2 is 1.90 bits per heavy atom. The Morgan fingerprint density at radius 3 is 2.71 bits per heavy atom. The third kappa shape index (κ3) is 2.62. The molecule has 0 aliphatic carbocycles. The summed E-state index contributed by atoms with van der Waals surface area (Å²) < 4.78 is 6.04. The van der Waals surface area contributed by atoms with Crippen LogP contribution < -0.4 is 5.56 Å². The Morgan fingerprint density at radius 1 is 1.14 bits per heavy atom. The molecule has 7 heteroatoms. The smallest absolute Gasteiger partial charge is 0.340 e. The summed E-state index contributed by atoms with van der Waals surface area (Å²) in [5.41, 5.74) is 0.495. The van der Waals surface area contributed by atoms with Crippen molar-refractivity contribution >= 4 is 16.9 Å². The van der Waals surface area contributed by atoms with Crippen LogP contribution in [0.15, 0.2) is 53.6 Å². The fraction of sp³-hybridized carbons (Fsp3) is 0.0714. The highest BCUT2D eigenvalue weighted by molar-refractivity contribution is 5.89. The Balaban J connectivity index is 1.81. The van der Waals surface area contributed by atoms with Crippen LogP contribution >= 0.6 is 0 Å². The van der Waals surface area contributed by atoms with Crippen molar-refractivity contribution in [3.63, 3.8) is 0 Å². The van der Waals surface area contributed by atoms with Crippen molar-refractivity contribution < 1.29 is 9.53 Å². The SMILES string of the molecule is O=C(OCn1nnc2ccccc2c1=O)c1ccncc1. The molecule has 3 rings (SSSR count). The first-order chi connectivity index (χ1) is 10.3. The van der Waals surface area contributed by atoms with Crippen molar-refractivity contribution in [2.45, 2.75) is 6.73 Å². The first-order valence-corrected chi connectivity index (χ1v) is 6.15. The van der Waals surface area contributed by atoms with Crippen LogP contribution in [0.1, 0.15) is 10.4 Å². The lowest BCUT2D eigenvalue weighted by molar-refractivity contribution is 0.0336. The second-order valence-corrected chi connectivity index (χ2v) is 4.21. The van der Waals surface area contributed by atoms with Gasteiger partial charge in [-0.15, -0.1) is 5.10 Å². The summed E-state index contributed by atoms with van der Waals surface area (Å²) in [7, 11) is 0. The molecule has 0 bridgehead atoms. The Hall–Kier alpha value is -3.09. The summed E-state index contributed by atoms with van der Waals surface area (Å²) in [4.78, 5) is 27.7. The highest BCUT2D eigenvalue weighted by Crippen LogP contribution is 2.04. The molecule has 0 saturated heterocycles. The van der Waals surface area contributed by atoms with Crippen LogP contribution in [0.3, 0.4) is 0 Å². The number of rotatable bonds is 3. The highest BCUT2D eigenvalue weighted by Gasteiger charge is 2.09. The average Bonchev–Trinajstić information content (AvgIpc) is 2.55. The maximum Gasteiger partial charge on any atom is 0.340 e. The van der Waals surface area contributed by atoms with Crippen molar-refractivity contribution in [2.24, 2.45) is 0 Å². The molecule has 0 spiro atoms. The van der Waals surface area contributed by atoms with E-state index in [9.17, 15) is 9.59 Å². The lowest BCUT2D eigenvalue weighted by Crippen LogP contribution is -2.26. The van der Waals surface area contributed by atoms with Crippen LogP contribution in [-0.4, -0.2) is 25.9 Å². The molecule has 3 aromatic rings. The van der Waals surface area contributed by atoms with E-state index in [1.165, 1.54) is 24.5 Å². The number of carbonyl (C=O) groups excluding carboxylic acids is 1. The number of hydrogen-bond donors (Lipinski definition) is 0. The van der Waals surface area contributed by atoms with E-state index in [-0.39, 0.29) is 12.3 Å². The molecule has 1 aromatic carbocycles. The number of hydrogen-bond acceptors (Lipinski definition) is 6. The van der Waals surface area contributed by atoms with Gasteiger partial charge in [-0.2, -0.15) is 4.68 Å². The summed E-state index contributed by atoms with van der Waals surface area (Å²) in [5.74, 6) is -0.556. The highest BCUT2D eigenvalue weighted by atomic mass is 16.5. The molecule has 0 N–H and O–H groups in total. The molecule has 21 heavy (non-hydrogen) atoms. The van der Waals surface area contributed by atoms with Gasteiger partial charge in [-0.3, -0.25) is 9.78 Å². The predicted octanol–water partition coefficient (Wildman–Crippen LogP) is 1.00. The zero-order valence-corrected chi connectivity index (χ0v) is 10.8. The molecule has 0 aliphatic heterocycles. The van der Waals surface area contributed by atoms with Crippen LogP contribution in [-0.2, 0) is 11.5 Å². The molecule has 7 nitrogen and oxygen atoms in total. The van der Waals surface area contributed by atoms with Gasteiger partial charge in [0.25, 0.3) is 5.56 Å². The second-order valence-electron chi connectivity index (χ2n) is 4.21. The first-order valence-electron chi connectivity index (χ1n) is 6.15. The number of carbonyl (C=O) groups is 1. The number of aromatic nitrogens is 4. The zero-order valence-electron chi connectivity index (χ0n) is 10.8. The van der Waals surface area contributed by atoms with Crippen molar-refractivity contribution in [2.75, 3.05) is 0 Å². The van der Waals surface area contributed by atoms with Gasteiger partial charge in [-0.25, -0.2) is 4.79 Å². The van der Waals surface area contributed by atoms with Gasteiger partial charge in [0.05, 0.1) is 10.9 Å². The van der Waals surface area contributed by atoms with E-state index in [0.29, 0.717) is 16.5 Å². The fourth-order valence-electron chi connectivity index (χ4n) is 1.80. The van der Waals surface area contributed by atoms with Crippen molar-refractivity contribution in [1.82, 2.24) is 20.0 Å². The molecule has 0 fully saturated rings. The van der Waals surface area contributed by atoms with E-state index in [4.69, 9.17) is 4.74 Å². The summed E-state index contributed by atoms with van der Waals surface area (Å²) in [6, 6.07) is 9.89. The largest absolute Gasteiger partial charge is 0.439 e. The van der Waals surface area contributed by atoms with Crippen LogP contribution in [0, 0.1) is 0 Å². The third-order valence-electron chi connectivity index (χ3n) is 2.86. The maximum absolute atomic E-state index is 12.1. The molecule has 0 saturated carbocycles. The lowest BCUT2D eigenvalue weighted by atomic mass is 10.2. The number of fused-ring (bicyclic) bond motifs is 1. The topological polar surface area (TPSA) is 87.0 Å². The minimum absolute atomic E-state index is 0.294. The van der Waals surface area contributed by atoms with Crippen LogP contribution in [0.2, 0.25) is 0 Å². The minimum Gasteiger partial charge on any atom is -0.439 e. The quantitative estimate of drug-likeness (QED) is 0.666. The fourth-order valence-corrected chi connectivity index (χ4v) is 1.80. The van der Waals surface area contributed by atoms with Gasteiger partial charge in [0.1, 0.15) is 5.52 Å². The number of ether oxygens (including phenoxy) is 1. The van der Waals surface area contributed by atoms with E-state index in [2.05, 4.69) is 15.3 Å². The monoisotopic (exact) mass is 282 g/mol. The molecular weight excluding hydrogens is 272 g/mol. The van der Waals surface area contributed by atoms with E-state index < -0.39 is 5.97 Å². The number of benzene rings is 1. The van der Waals surface area contributed by atoms with E-state index >= 15 is 0 Å². The predicted molar refractivity (Wildman–Crippen MR) is 73.5 cm³/mol. The molecule has 0 aliphatic rings. The van der Waals surface area contributed by atoms with E-state index in [1.807, 2.05) is 0 Å². The maximum atomic E-state index is 12.1. The Bertz CT molecular complexity index is 845. The zero-order chi connectivity index (χ0) is 14.7. The number of pyridine rings is 1. The molecule has 2 aromatic heterocycles. The molecule has 0 radical (unpaired) electrons. The van der Waals surface area contributed by atoms with Crippen molar-refractivity contribution in [3.05, 3.63) is 64.7 Å². The Kier molecular flexibility index (Phi) is 3.38. The summed E-state index contributed by atoms with van der Waals surface area (Å²) >= 11 is 0. The first kappa shape index (κ1) is 12.9. The minimum atomic E-state index is -0.556. The van der Waals surface area contributed by atoms with Gasteiger partial charge in [0, 0.05) is 12.4 Å². The third-order valence-corrected chi connectivity index (χ3v) is 2.86. The average molecular weight is 282 g/mol. The molecule has 0 unspecified atom stereocenters. The molecule has 0 amide bonds. The summed E-state index contributed by atoms with van der Waals surface area (Å²) in [6.45, 7) is -0.294. The van der Waals surface area contributed by atoms with Crippen molar-refractivity contribution in [1.29, 1.82) is 0 Å². The number of nitrogens with zero attached hydrogens (tertiary/aromatic N) is 4. The van der Waals surface area contributed by atoms with Gasteiger partial charge >= 0.3 is 5.97 Å². The van der Waals surface area contributed by atoms with Gasteiger partial charge in [0.2, 0.25) is 0 Å². The molecule has 104 valence electrons. The summed E-state index contributed by atoms with van der Waals surface area (Å²) in [6.07, 6.45) is 2.97. The van der Waals surface area contributed by atoms with E-state index in [0.717, 1.165) is 4.68 Å². The van der Waals surface area contributed by atoms with Crippen molar-refractivity contribution in [3.8, 4) is 0 Å². The van der Waals surface area contributed by atoms with Crippen LogP contribution in [0.4, 0.5) is 0 Å². The molecule has 2 heterocycles. The van der Waals surface area contributed by atoms with Gasteiger partial charge < -0.3 is 4.74 Å². The van der Waals surface area contributed by atoms with Gasteiger partial charge in [0.15, 0.2) is 6.73 Å². The standard InChI is InChI=1S/C14H10N4O3/c19-13-11-3-1-2-4-12(11)16-17-18(13)9-21-14(20)10-5-7-15-8-6-10/h1-8H,9H2. The molecular formula is C14H10N4O3. The van der Waals surface area contributed by atoms with Gasteiger partial charge in [-0.1, -0.05) is 17.3 Å². The van der Waals surface area contributed by atoms with Crippen LogP contribution in [0.5, 0.6) is 0 Å². The Labute approximate surface area is 118 Å². The lowest BCUT2D eigenvalue weighted by Gasteiger charge is -2.06. The van der Waals surface area contributed by atoms with E-state index in [1.54, 1.807) is 24.3 Å².